The summed E-state index contributed by atoms with van der Waals surface area (Å²) in [4.78, 5) is 29.1. The van der Waals surface area contributed by atoms with Crippen LogP contribution in [0.2, 0.25) is 0 Å². The molecule has 6 heteroatoms. The molecule has 200 valence electrons. The summed E-state index contributed by atoms with van der Waals surface area (Å²) in [6, 6.07) is 25.1. The summed E-state index contributed by atoms with van der Waals surface area (Å²) < 4.78 is 6.89. The van der Waals surface area contributed by atoms with Gasteiger partial charge in [0.2, 0.25) is 5.91 Å². The van der Waals surface area contributed by atoms with E-state index in [9.17, 15) is 9.59 Å². The van der Waals surface area contributed by atoms with Gasteiger partial charge in [0.15, 0.2) is 6.61 Å². The van der Waals surface area contributed by atoms with E-state index in [1.165, 1.54) is 5.56 Å². The third-order valence-electron chi connectivity index (χ3n) is 7.15. The molecule has 5 nitrogen and oxygen atoms in total. The van der Waals surface area contributed by atoms with Crippen LogP contribution in [0, 0.1) is 0 Å². The Balaban J connectivity index is 1.58. The Labute approximate surface area is 234 Å². The molecule has 0 unspecified atom stereocenters. The number of hydrogen-bond donors (Lipinski definition) is 1. The van der Waals surface area contributed by atoms with E-state index in [4.69, 9.17) is 4.74 Å². The highest BCUT2D eigenvalue weighted by Crippen LogP contribution is 2.22. The van der Waals surface area contributed by atoms with E-state index in [2.05, 4.69) is 35.1 Å². The molecule has 1 aliphatic rings. The first-order chi connectivity index (χ1) is 18.4. The lowest BCUT2D eigenvalue weighted by atomic mass is 10.0. The number of carbonyl (C=O) groups excluding carboxylic acids is 2. The Morgan fingerprint density at radius 1 is 0.921 bits per heavy atom. The highest BCUT2D eigenvalue weighted by atomic mass is 79.9. The summed E-state index contributed by atoms with van der Waals surface area (Å²) in [6.45, 7) is 4.46. The van der Waals surface area contributed by atoms with Crippen LogP contribution in [0.4, 0.5) is 0 Å². The van der Waals surface area contributed by atoms with Crippen LogP contribution in [-0.4, -0.2) is 35.4 Å². The molecule has 38 heavy (non-hydrogen) atoms. The van der Waals surface area contributed by atoms with Crippen molar-refractivity contribution in [3.05, 3.63) is 100 Å². The third kappa shape index (κ3) is 7.94. The summed E-state index contributed by atoms with van der Waals surface area (Å²) in [5.41, 5.74) is 3.18. The van der Waals surface area contributed by atoms with Gasteiger partial charge in [-0.15, -0.1) is 0 Å². The molecule has 1 fully saturated rings. The average molecular weight is 578 g/mol. The Morgan fingerprint density at radius 3 is 2.21 bits per heavy atom. The predicted molar refractivity (Wildman–Crippen MR) is 155 cm³/mol. The van der Waals surface area contributed by atoms with Gasteiger partial charge in [-0.1, -0.05) is 97.2 Å². The zero-order valence-electron chi connectivity index (χ0n) is 22.2. The SMILES string of the molecule is CC(C)c1ccc(OCC(=O)N(Cc2ccc(Br)cc2)[C@@H](Cc2ccccc2)C(=O)NC2CCCC2)cc1. The van der Waals surface area contributed by atoms with Crippen molar-refractivity contribution in [2.75, 3.05) is 6.61 Å². The van der Waals surface area contributed by atoms with E-state index in [1.807, 2.05) is 78.9 Å². The van der Waals surface area contributed by atoms with Gasteiger partial charge in [0.1, 0.15) is 11.8 Å². The number of halogens is 1. The van der Waals surface area contributed by atoms with Gasteiger partial charge >= 0.3 is 0 Å². The van der Waals surface area contributed by atoms with Crippen LogP contribution in [0.1, 0.15) is 62.1 Å². The Bertz CT molecular complexity index is 1170. The normalized spacial score (nSPS) is 14.3. The molecule has 0 radical (unpaired) electrons. The number of amides is 2. The molecule has 1 N–H and O–H groups in total. The molecule has 3 aromatic carbocycles. The molecule has 0 bridgehead atoms. The van der Waals surface area contributed by atoms with Gasteiger partial charge in [0, 0.05) is 23.5 Å². The van der Waals surface area contributed by atoms with Crippen LogP contribution < -0.4 is 10.1 Å². The highest BCUT2D eigenvalue weighted by molar-refractivity contribution is 9.10. The molecular formula is C32H37BrN2O3. The fourth-order valence-electron chi connectivity index (χ4n) is 4.88. The maximum Gasteiger partial charge on any atom is 0.261 e. The molecule has 0 spiro atoms. The standard InChI is InChI=1S/C32H37BrN2O3/c1-23(2)26-14-18-29(19-15-26)38-22-31(36)35(21-25-12-16-27(33)17-13-25)30(20-24-8-4-3-5-9-24)32(37)34-28-10-6-7-11-28/h3-5,8-9,12-19,23,28,30H,6-7,10-11,20-22H2,1-2H3,(H,34,37)/t30-/m0/s1. The smallest absolute Gasteiger partial charge is 0.261 e. The minimum Gasteiger partial charge on any atom is -0.484 e. The second-order valence-electron chi connectivity index (χ2n) is 10.4. The first kappa shape index (κ1) is 27.9. The highest BCUT2D eigenvalue weighted by Gasteiger charge is 2.32. The van der Waals surface area contributed by atoms with Crippen LogP contribution in [-0.2, 0) is 22.6 Å². The first-order valence-electron chi connectivity index (χ1n) is 13.5. The lowest BCUT2D eigenvalue weighted by Gasteiger charge is -2.32. The molecule has 1 saturated carbocycles. The monoisotopic (exact) mass is 576 g/mol. The molecule has 4 rings (SSSR count). The lowest BCUT2D eigenvalue weighted by molar-refractivity contribution is -0.143. The van der Waals surface area contributed by atoms with E-state index in [1.54, 1.807) is 4.90 Å². The Kier molecular flexibility index (Phi) is 9.99. The molecule has 1 atom stereocenters. The van der Waals surface area contributed by atoms with Gasteiger partial charge < -0.3 is 15.0 Å². The number of rotatable bonds is 11. The van der Waals surface area contributed by atoms with Crippen LogP contribution in [0.5, 0.6) is 5.75 Å². The predicted octanol–water partition coefficient (Wildman–Crippen LogP) is 6.65. The fraction of sp³-hybridized carbons (Fsp3) is 0.375. The summed E-state index contributed by atoms with van der Waals surface area (Å²) in [6.07, 6.45) is 4.66. The van der Waals surface area contributed by atoms with E-state index < -0.39 is 6.04 Å². The minimum absolute atomic E-state index is 0.104. The number of benzene rings is 3. The zero-order valence-corrected chi connectivity index (χ0v) is 23.8. The van der Waals surface area contributed by atoms with Gasteiger partial charge in [-0.3, -0.25) is 9.59 Å². The van der Waals surface area contributed by atoms with E-state index in [-0.39, 0.29) is 24.5 Å². The van der Waals surface area contributed by atoms with Crippen molar-refractivity contribution in [3.8, 4) is 5.75 Å². The lowest BCUT2D eigenvalue weighted by Crippen LogP contribution is -2.53. The molecule has 0 aromatic heterocycles. The van der Waals surface area contributed by atoms with Crippen molar-refractivity contribution in [3.63, 3.8) is 0 Å². The maximum atomic E-state index is 13.7. The summed E-state index contributed by atoms with van der Waals surface area (Å²) in [5, 5.41) is 3.24. The second-order valence-corrected chi connectivity index (χ2v) is 11.3. The van der Waals surface area contributed by atoms with Gasteiger partial charge in [-0.2, -0.15) is 0 Å². The summed E-state index contributed by atoms with van der Waals surface area (Å²) in [5.74, 6) is 0.737. The van der Waals surface area contributed by atoms with Crippen molar-refractivity contribution in [2.24, 2.45) is 0 Å². The van der Waals surface area contributed by atoms with Crippen molar-refractivity contribution in [2.45, 2.75) is 70.5 Å². The minimum atomic E-state index is -0.652. The first-order valence-corrected chi connectivity index (χ1v) is 14.3. The van der Waals surface area contributed by atoms with Crippen LogP contribution in [0.25, 0.3) is 0 Å². The van der Waals surface area contributed by atoms with Gasteiger partial charge in [-0.05, 0) is 59.7 Å². The van der Waals surface area contributed by atoms with Crippen molar-refractivity contribution >= 4 is 27.7 Å². The Hall–Kier alpha value is -3.12. The zero-order chi connectivity index (χ0) is 26.9. The second kappa shape index (κ2) is 13.6. The number of carbonyl (C=O) groups is 2. The van der Waals surface area contributed by atoms with Crippen LogP contribution in [0.15, 0.2) is 83.3 Å². The molecule has 0 aliphatic heterocycles. The molecule has 0 saturated heterocycles. The van der Waals surface area contributed by atoms with Gasteiger partial charge in [0.05, 0.1) is 0 Å². The van der Waals surface area contributed by atoms with Crippen molar-refractivity contribution in [1.29, 1.82) is 0 Å². The molecule has 0 heterocycles. The number of hydrogen-bond acceptors (Lipinski definition) is 3. The molecular weight excluding hydrogens is 540 g/mol. The third-order valence-corrected chi connectivity index (χ3v) is 7.68. The fourth-order valence-corrected chi connectivity index (χ4v) is 5.15. The van der Waals surface area contributed by atoms with Crippen molar-refractivity contribution < 1.29 is 14.3 Å². The number of nitrogens with one attached hydrogen (secondary N) is 1. The average Bonchev–Trinajstić information content (AvgIpc) is 3.44. The maximum absolute atomic E-state index is 13.7. The van der Waals surface area contributed by atoms with Crippen LogP contribution >= 0.6 is 15.9 Å². The van der Waals surface area contributed by atoms with Crippen molar-refractivity contribution in [1.82, 2.24) is 10.2 Å². The summed E-state index contributed by atoms with van der Waals surface area (Å²) in [7, 11) is 0. The van der Waals surface area contributed by atoms with Gasteiger partial charge in [0.25, 0.3) is 5.91 Å². The van der Waals surface area contributed by atoms with E-state index in [0.717, 1.165) is 41.3 Å². The van der Waals surface area contributed by atoms with Gasteiger partial charge in [-0.25, -0.2) is 0 Å². The largest absolute Gasteiger partial charge is 0.484 e. The number of nitrogens with zero attached hydrogens (tertiary/aromatic N) is 1. The van der Waals surface area contributed by atoms with E-state index in [0.29, 0.717) is 24.6 Å². The van der Waals surface area contributed by atoms with E-state index >= 15 is 0 Å². The van der Waals surface area contributed by atoms with Crippen LogP contribution in [0.3, 0.4) is 0 Å². The summed E-state index contributed by atoms with van der Waals surface area (Å²) >= 11 is 3.49. The number of ether oxygens (including phenoxy) is 1. The Morgan fingerprint density at radius 2 is 1.58 bits per heavy atom. The molecule has 3 aromatic rings. The molecule has 1 aliphatic carbocycles. The quantitative estimate of drug-likeness (QED) is 0.278. The topological polar surface area (TPSA) is 58.6 Å². The molecule has 2 amide bonds.